The van der Waals surface area contributed by atoms with Crippen molar-refractivity contribution >= 4 is 21.9 Å². The summed E-state index contributed by atoms with van der Waals surface area (Å²) in [5.41, 5.74) is 0.943. The van der Waals surface area contributed by atoms with Gasteiger partial charge in [-0.1, -0.05) is 17.7 Å². The van der Waals surface area contributed by atoms with Crippen LogP contribution in [0, 0.1) is 12.8 Å². The first-order valence-corrected chi connectivity index (χ1v) is 10.8. The minimum absolute atomic E-state index is 0.118. The van der Waals surface area contributed by atoms with Crippen LogP contribution in [0.4, 0.5) is 0 Å². The Kier molecular flexibility index (Phi) is 7.97. The summed E-state index contributed by atoms with van der Waals surface area (Å²) >= 11 is 0. The van der Waals surface area contributed by atoms with Crippen molar-refractivity contribution in [2.45, 2.75) is 37.1 Å². The molecule has 1 aromatic carbocycles. The number of likely N-dealkylation sites (N-methyl/N-ethyl adjacent to an activating group) is 1. The molecule has 1 aromatic rings. The number of rotatable bonds is 8. The van der Waals surface area contributed by atoms with Crippen molar-refractivity contribution in [3.63, 3.8) is 0 Å². The van der Waals surface area contributed by atoms with E-state index in [-0.39, 0.29) is 11.4 Å². The summed E-state index contributed by atoms with van der Waals surface area (Å²) in [6.07, 6.45) is 2.32. The number of nitrogens with one attached hydrogen (secondary N) is 2. The molecule has 0 saturated carbocycles. The number of hydrogen-bond acceptors (Lipinski definition) is 6. The lowest BCUT2D eigenvalue weighted by atomic mass is 9.91. The second-order valence-electron chi connectivity index (χ2n) is 7.15. The van der Waals surface area contributed by atoms with E-state index >= 15 is 0 Å². The number of benzene rings is 1. The lowest BCUT2D eigenvalue weighted by molar-refractivity contribution is -0.145. The van der Waals surface area contributed by atoms with Crippen molar-refractivity contribution in [1.29, 1.82) is 0 Å². The zero-order chi connectivity index (χ0) is 20.7. The molecule has 0 spiro atoms. The molecule has 156 valence electrons. The highest BCUT2D eigenvalue weighted by atomic mass is 32.2. The zero-order valence-corrected chi connectivity index (χ0v) is 17.4. The Bertz CT molecular complexity index is 773. The number of nitrogens with zero attached hydrogens (tertiary/aromatic N) is 1. The average molecular weight is 412 g/mol. The predicted molar refractivity (Wildman–Crippen MR) is 105 cm³/mol. The monoisotopic (exact) mass is 411 g/mol. The second kappa shape index (κ2) is 9.99. The van der Waals surface area contributed by atoms with Gasteiger partial charge in [0.25, 0.3) is 0 Å². The molecule has 1 fully saturated rings. The number of amides is 1. The molecule has 1 saturated heterocycles. The van der Waals surface area contributed by atoms with E-state index in [4.69, 9.17) is 4.74 Å². The van der Waals surface area contributed by atoms with Gasteiger partial charge in [-0.05, 0) is 57.3 Å². The van der Waals surface area contributed by atoms with E-state index in [1.165, 1.54) is 26.3 Å². The van der Waals surface area contributed by atoms with Crippen LogP contribution >= 0.6 is 0 Å². The Hall–Kier alpha value is -1.97. The Morgan fingerprint density at radius 1 is 1.25 bits per heavy atom. The fourth-order valence-corrected chi connectivity index (χ4v) is 4.35. The third-order valence-electron chi connectivity index (χ3n) is 4.94. The number of sulfonamides is 1. The van der Waals surface area contributed by atoms with Crippen molar-refractivity contribution in [3.05, 3.63) is 29.8 Å². The van der Waals surface area contributed by atoms with E-state index in [0.717, 1.165) is 35.8 Å². The molecule has 0 unspecified atom stereocenters. The molecule has 28 heavy (non-hydrogen) atoms. The molecule has 1 aliphatic rings. The number of ether oxygens (including phenoxy) is 1. The molecule has 9 heteroatoms. The Balaban J connectivity index is 2.00. The first-order valence-electron chi connectivity index (χ1n) is 9.35. The van der Waals surface area contributed by atoms with Crippen LogP contribution in [0.15, 0.2) is 29.2 Å². The molecule has 1 atom stereocenters. The van der Waals surface area contributed by atoms with Crippen LogP contribution in [0.25, 0.3) is 0 Å². The molecule has 0 bridgehead atoms. The van der Waals surface area contributed by atoms with Gasteiger partial charge in [0.2, 0.25) is 15.9 Å². The lowest BCUT2D eigenvalue weighted by Gasteiger charge is -2.27. The van der Waals surface area contributed by atoms with Crippen LogP contribution in [-0.2, 0) is 24.3 Å². The minimum Gasteiger partial charge on any atom is -0.467 e. The van der Waals surface area contributed by atoms with Crippen LogP contribution in [0.2, 0.25) is 0 Å². The van der Waals surface area contributed by atoms with Crippen molar-refractivity contribution in [2.24, 2.45) is 5.92 Å². The second-order valence-corrected chi connectivity index (χ2v) is 9.19. The van der Waals surface area contributed by atoms with Gasteiger partial charge in [0.1, 0.15) is 6.04 Å². The van der Waals surface area contributed by atoms with E-state index in [1.54, 1.807) is 12.1 Å². The smallest absolute Gasteiger partial charge is 0.328 e. The topological polar surface area (TPSA) is 105 Å². The van der Waals surface area contributed by atoms with Crippen molar-refractivity contribution in [1.82, 2.24) is 14.9 Å². The summed E-state index contributed by atoms with van der Waals surface area (Å²) in [4.78, 5) is 24.6. The van der Waals surface area contributed by atoms with Gasteiger partial charge in [-0.25, -0.2) is 13.2 Å². The number of methoxy groups -OCH3 is 1. The van der Waals surface area contributed by atoms with Crippen LogP contribution in [0.3, 0.4) is 0 Å². The molecular formula is C19H29N3O5S. The molecule has 2 rings (SSSR count). The van der Waals surface area contributed by atoms with E-state index in [2.05, 4.69) is 10.6 Å². The number of carbonyl (C=O) groups excluding carboxylic acids is 2. The first kappa shape index (κ1) is 22.3. The van der Waals surface area contributed by atoms with Gasteiger partial charge >= 0.3 is 5.97 Å². The van der Waals surface area contributed by atoms with Gasteiger partial charge in [0, 0.05) is 7.05 Å². The Morgan fingerprint density at radius 3 is 2.43 bits per heavy atom. The lowest BCUT2D eigenvalue weighted by Crippen LogP contribution is -2.47. The highest BCUT2D eigenvalue weighted by molar-refractivity contribution is 7.89. The average Bonchev–Trinajstić information content (AvgIpc) is 2.67. The third-order valence-corrected chi connectivity index (χ3v) is 6.76. The number of esters is 1. The van der Waals surface area contributed by atoms with Crippen LogP contribution in [-0.4, -0.2) is 64.4 Å². The largest absolute Gasteiger partial charge is 0.467 e. The van der Waals surface area contributed by atoms with Gasteiger partial charge in [0.15, 0.2) is 0 Å². The molecule has 2 N–H and O–H groups in total. The molecule has 1 aliphatic heterocycles. The summed E-state index contributed by atoms with van der Waals surface area (Å²) < 4.78 is 31.0. The van der Waals surface area contributed by atoms with Crippen molar-refractivity contribution in [3.8, 4) is 0 Å². The summed E-state index contributed by atoms with van der Waals surface area (Å²) in [6.45, 7) is 3.24. The van der Waals surface area contributed by atoms with Crippen LogP contribution < -0.4 is 10.6 Å². The molecular weight excluding hydrogens is 382 g/mol. The highest BCUT2D eigenvalue weighted by Crippen LogP contribution is 2.19. The van der Waals surface area contributed by atoms with Gasteiger partial charge in [-0.2, -0.15) is 4.31 Å². The predicted octanol–water partition coefficient (Wildman–Crippen LogP) is 0.663. The van der Waals surface area contributed by atoms with E-state index in [9.17, 15) is 18.0 Å². The van der Waals surface area contributed by atoms with Gasteiger partial charge in [-0.15, -0.1) is 0 Å². The van der Waals surface area contributed by atoms with Crippen LogP contribution in [0.1, 0.15) is 24.8 Å². The summed E-state index contributed by atoms with van der Waals surface area (Å²) in [5.74, 6) is -0.752. The van der Waals surface area contributed by atoms with Gasteiger partial charge < -0.3 is 15.4 Å². The van der Waals surface area contributed by atoms with Gasteiger partial charge in [-0.3, -0.25) is 4.79 Å². The highest BCUT2D eigenvalue weighted by Gasteiger charge is 2.28. The Labute approximate surface area is 166 Å². The minimum atomic E-state index is -3.79. The third kappa shape index (κ3) is 6.02. The molecule has 0 aliphatic carbocycles. The number of piperidine rings is 1. The maximum absolute atomic E-state index is 12.6. The number of aryl methyl sites for hydroxylation is 1. The molecule has 1 heterocycles. The maximum atomic E-state index is 12.6. The fraction of sp³-hybridized carbons (Fsp3) is 0.579. The SMILES string of the molecule is COC(=O)[C@H](CC1CCNCC1)NC(=O)CN(C)S(=O)(=O)c1ccc(C)cc1. The van der Waals surface area contributed by atoms with Crippen LogP contribution in [0.5, 0.6) is 0 Å². The Morgan fingerprint density at radius 2 is 1.86 bits per heavy atom. The summed E-state index contributed by atoms with van der Waals surface area (Å²) in [5, 5.41) is 5.90. The van der Waals surface area contributed by atoms with Crippen molar-refractivity contribution < 1.29 is 22.7 Å². The van der Waals surface area contributed by atoms with E-state index in [0.29, 0.717) is 12.3 Å². The quantitative estimate of drug-likeness (QED) is 0.609. The molecule has 1 amide bonds. The summed E-state index contributed by atoms with van der Waals surface area (Å²) in [6, 6.07) is 5.64. The van der Waals surface area contributed by atoms with E-state index < -0.39 is 27.9 Å². The van der Waals surface area contributed by atoms with Gasteiger partial charge in [0.05, 0.1) is 18.6 Å². The first-order chi connectivity index (χ1) is 13.2. The van der Waals surface area contributed by atoms with E-state index in [1.807, 2.05) is 6.92 Å². The molecule has 0 aromatic heterocycles. The molecule has 0 radical (unpaired) electrons. The fourth-order valence-electron chi connectivity index (χ4n) is 3.22. The molecule has 8 nitrogen and oxygen atoms in total. The van der Waals surface area contributed by atoms with Crippen molar-refractivity contribution in [2.75, 3.05) is 33.8 Å². The zero-order valence-electron chi connectivity index (χ0n) is 16.6. The summed E-state index contributed by atoms with van der Waals surface area (Å²) in [7, 11) is -1.17. The normalized spacial score (nSPS) is 16.6. The standard InChI is InChI=1S/C19H29N3O5S/c1-14-4-6-16(7-5-14)28(25,26)22(2)13-18(23)21-17(19(24)27-3)12-15-8-10-20-11-9-15/h4-7,15,17,20H,8-13H2,1-3H3,(H,21,23)/t17-/m0/s1. The maximum Gasteiger partial charge on any atom is 0.328 e. The number of hydrogen-bond donors (Lipinski definition) is 2. The number of carbonyl (C=O) groups is 2.